The third kappa shape index (κ3) is 3.78. The average Bonchev–Trinajstić information content (AvgIpc) is 2.99. The molecule has 7 nitrogen and oxygen atoms in total. The van der Waals surface area contributed by atoms with Gasteiger partial charge in [-0.25, -0.2) is 0 Å². The van der Waals surface area contributed by atoms with Gasteiger partial charge in [0.25, 0.3) is 5.91 Å². The van der Waals surface area contributed by atoms with Crippen LogP contribution in [0.15, 0.2) is 22.6 Å². The van der Waals surface area contributed by atoms with Crippen molar-refractivity contribution in [3.63, 3.8) is 0 Å². The van der Waals surface area contributed by atoms with Gasteiger partial charge in [0.05, 0.1) is 17.5 Å². The Kier molecular flexibility index (Phi) is 5.41. The van der Waals surface area contributed by atoms with Crippen molar-refractivity contribution in [1.29, 1.82) is 0 Å². The molecule has 0 aliphatic carbocycles. The van der Waals surface area contributed by atoms with Gasteiger partial charge in [0, 0.05) is 31.1 Å². The molecule has 1 aliphatic heterocycles. The molecule has 0 radical (unpaired) electrons. The maximum Gasteiger partial charge on any atom is 0.308 e. The van der Waals surface area contributed by atoms with E-state index < -0.39 is 17.8 Å². The van der Waals surface area contributed by atoms with Gasteiger partial charge in [-0.3, -0.25) is 14.4 Å². The van der Waals surface area contributed by atoms with Gasteiger partial charge >= 0.3 is 5.97 Å². The van der Waals surface area contributed by atoms with Gasteiger partial charge in [0.1, 0.15) is 0 Å². The van der Waals surface area contributed by atoms with Crippen LogP contribution in [0.2, 0.25) is 5.02 Å². The fraction of sp³-hybridized carbons (Fsp3) is 0.421. The van der Waals surface area contributed by atoms with Crippen LogP contribution in [-0.2, 0) is 9.59 Å². The summed E-state index contributed by atoms with van der Waals surface area (Å²) >= 11 is 6.12. The number of likely N-dealkylation sites (tertiary alicyclic amines) is 1. The maximum atomic E-state index is 12.8. The molecule has 0 spiro atoms. The molecule has 1 saturated heterocycles. The summed E-state index contributed by atoms with van der Waals surface area (Å²) in [4.78, 5) is 39.2. The Morgan fingerprint density at radius 2 is 2.11 bits per heavy atom. The lowest BCUT2D eigenvalue weighted by atomic mass is 9.98. The number of rotatable bonds is 4. The Labute approximate surface area is 161 Å². The third-order valence-corrected chi connectivity index (χ3v) is 5.25. The smallest absolute Gasteiger partial charge is 0.308 e. The van der Waals surface area contributed by atoms with E-state index in [1.165, 1.54) is 16.8 Å². The summed E-state index contributed by atoms with van der Waals surface area (Å²) in [6.45, 7) is 2.31. The Hall–Kier alpha value is -2.54. The molecule has 1 aromatic heterocycles. The summed E-state index contributed by atoms with van der Waals surface area (Å²) in [6, 6.07) is 5.29. The zero-order chi connectivity index (χ0) is 19.7. The van der Waals surface area contributed by atoms with Gasteiger partial charge in [0.2, 0.25) is 5.91 Å². The second-order valence-corrected chi connectivity index (χ2v) is 7.26. The minimum atomic E-state index is -0.897. The van der Waals surface area contributed by atoms with Crippen LogP contribution in [0.5, 0.6) is 0 Å². The number of hydrogen-bond acceptors (Lipinski definition) is 4. The number of amides is 2. The first-order valence-corrected chi connectivity index (χ1v) is 9.11. The minimum absolute atomic E-state index is 0.143. The second kappa shape index (κ2) is 7.60. The number of hydrogen-bond donors (Lipinski definition) is 1. The SMILES string of the molecule is Cc1c(C(=O)N(C)CC(=O)N2CCCC(C(=O)O)C2)oc2c(Cl)cccc12. The molecule has 0 bridgehead atoms. The number of carbonyl (C=O) groups excluding carboxylic acids is 2. The Morgan fingerprint density at radius 1 is 1.37 bits per heavy atom. The highest BCUT2D eigenvalue weighted by Gasteiger charge is 2.30. The summed E-state index contributed by atoms with van der Waals surface area (Å²) < 4.78 is 5.66. The molecule has 1 aromatic carbocycles. The number of aryl methyl sites for hydroxylation is 1. The summed E-state index contributed by atoms with van der Waals surface area (Å²) in [5.74, 6) is -1.99. The number of para-hydroxylation sites is 1. The molecule has 8 heteroatoms. The molecule has 1 aliphatic rings. The largest absolute Gasteiger partial charge is 0.481 e. The number of carboxylic acids is 1. The normalized spacial score (nSPS) is 17.1. The molecule has 3 rings (SSSR count). The topological polar surface area (TPSA) is 91.1 Å². The summed E-state index contributed by atoms with van der Waals surface area (Å²) in [5, 5.41) is 10.3. The van der Waals surface area contributed by atoms with Crippen LogP contribution < -0.4 is 0 Å². The van der Waals surface area contributed by atoms with Gasteiger partial charge in [-0.05, 0) is 25.8 Å². The number of aliphatic carboxylic acids is 1. The second-order valence-electron chi connectivity index (χ2n) is 6.85. The molecule has 27 heavy (non-hydrogen) atoms. The van der Waals surface area contributed by atoms with Crippen LogP contribution in [0.1, 0.15) is 29.0 Å². The maximum absolute atomic E-state index is 12.8. The number of nitrogens with zero attached hydrogens (tertiary/aromatic N) is 2. The fourth-order valence-electron chi connectivity index (χ4n) is 3.37. The van der Waals surface area contributed by atoms with Crippen LogP contribution in [0.25, 0.3) is 11.0 Å². The summed E-state index contributed by atoms with van der Waals surface area (Å²) in [7, 11) is 1.52. The molecular weight excluding hydrogens is 372 g/mol. The highest BCUT2D eigenvalue weighted by molar-refractivity contribution is 6.35. The number of piperidine rings is 1. The lowest BCUT2D eigenvalue weighted by molar-refractivity contribution is -0.145. The van der Waals surface area contributed by atoms with Crippen LogP contribution in [0, 0.1) is 12.8 Å². The molecule has 1 fully saturated rings. The highest BCUT2D eigenvalue weighted by Crippen LogP contribution is 2.31. The van der Waals surface area contributed by atoms with Crippen LogP contribution in [0.4, 0.5) is 0 Å². The van der Waals surface area contributed by atoms with Crippen molar-refractivity contribution in [3.8, 4) is 0 Å². The van der Waals surface area contributed by atoms with Crippen LogP contribution in [-0.4, -0.2) is 59.4 Å². The highest BCUT2D eigenvalue weighted by atomic mass is 35.5. The number of furan rings is 1. The lowest BCUT2D eigenvalue weighted by Gasteiger charge is -2.31. The van der Waals surface area contributed by atoms with Crippen LogP contribution in [0.3, 0.4) is 0 Å². The van der Waals surface area contributed by atoms with Crippen molar-refractivity contribution in [3.05, 3.63) is 34.5 Å². The van der Waals surface area contributed by atoms with E-state index in [4.69, 9.17) is 21.1 Å². The van der Waals surface area contributed by atoms with E-state index in [2.05, 4.69) is 0 Å². The number of halogens is 1. The first-order chi connectivity index (χ1) is 12.8. The molecule has 1 atom stereocenters. The van der Waals surface area contributed by atoms with Crippen molar-refractivity contribution in [1.82, 2.24) is 9.80 Å². The molecule has 2 amide bonds. The molecule has 0 saturated carbocycles. The van der Waals surface area contributed by atoms with Crippen molar-refractivity contribution >= 4 is 40.4 Å². The first-order valence-electron chi connectivity index (χ1n) is 8.73. The van der Waals surface area contributed by atoms with Crippen molar-refractivity contribution in [2.75, 3.05) is 26.7 Å². The number of carboxylic acid groups (broad SMARTS) is 1. The van der Waals surface area contributed by atoms with E-state index >= 15 is 0 Å². The van der Waals surface area contributed by atoms with E-state index in [1.54, 1.807) is 19.1 Å². The molecule has 2 heterocycles. The number of carbonyl (C=O) groups is 3. The Balaban J connectivity index is 1.72. The summed E-state index contributed by atoms with van der Waals surface area (Å²) in [5.41, 5.74) is 1.11. The monoisotopic (exact) mass is 392 g/mol. The molecule has 1 N–H and O–H groups in total. The zero-order valence-electron chi connectivity index (χ0n) is 15.2. The van der Waals surface area contributed by atoms with Crippen LogP contribution >= 0.6 is 11.6 Å². The predicted octanol–water partition coefficient (Wildman–Crippen LogP) is 2.79. The first kappa shape index (κ1) is 19.2. The summed E-state index contributed by atoms with van der Waals surface area (Å²) in [6.07, 6.45) is 1.20. The van der Waals surface area contributed by atoms with Gasteiger partial charge in [-0.2, -0.15) is 0 Å². The lowest BCUT2D eigenvalue weighted by Crippen LogP contribution is -2.46. The molecular formula is C19H21ClN2O5. The molecule has 2 aromatic rings. The van der Waals surface area contributed by atoms with Crippen molar-refractivity contribution < 1.29 is 23.9 Å². The number of likely N-dealkylation sites (N-methyl/N-ethyl adjacent to an activating group) is 1. The number of fused-ring (bicyclic) bond motifs is 1. The van der Waals surface area contributed by atoms with E-state index in [0.717, 1.165) is 5.39 Å². The minimum Gasteiger partial charge on any atom is -0.481 e. The Morgan fingerprint density at radius 3 is 2.78 bits per heavy atom. The van der Waals surface area contributed by atoms with E-state index in [9.17, 15) is 14.4 Å². The average molecular weight is 393 g/mol. The van der Waals surface area contributed by atoms with Gasteiger partial charge in [-0.1, -0.05) is 23.7 Å². The van der Waals surface area contributed by atoms with E-state index in [1.807, 2.05) is 6.07 Å². The zero-order valence-corrected chi connectivity index (χ0v) is 16.0. The fourth-order valence-corrected chi connectivity index (χ4v) is 3.58. The van der Waals surface area contributed by atoms with Gasteiger partial charge in [-0.15, -0.1) is 0 Å². The molecule has 144 valence electrons. The van der Waals surface area contributed by atoms with Gasteiger partial charge < -0.3 is 19.3 Å². The molecule has 1 unspecified atom stereocenters. The van der Waals surface area contributed by atoms with Gasteiger partial charge in [0.15, 0.2) is 11.3 Å². The third-order valence-electron chi connectivity index (χ3n) is 4.95. The quantitative estimate of drug-likeness (QED) is 0.863. The number of benzene rings is 1. The van der Waals surface area contributed by atoms with Crippen molar-refractivity contribution in [2.45, 2.75) is 19.8 Å². The standard InChI is InChI=1S/C19H21ClN2O5/c1-11-13-6-3-7-14(20)17(13)27-16(11)18(24)21(2)10-15(23)22-8-4-5-12(9-22)19(25)26/h3,6-7,12H,4-5,8-10H2,1-2H3,(H,25,26). The van der Waals surface area contributed by atoms with E-state index in [-0.39, 0.29) is 24.8 Å². The van der Waals surface area contributed by atoms with Crippen molar-refractivity contribution in [2.24, 2.45) is 5.92 Å². The Bertz CT molecular complexity index is 907. The van der Waals surface area contributed by atoms with E-state index in [0.29, 0.717) is 35.6 Å². The predicted molar refractivity (Wildman–Crippen MR) is 99.9 cm³/mol.